The normalized spacial score (nSPS) is 19.5. The first-order chi connectivity index (χ1) is 8.66. The van der Waals surface area contributed by atoms with Crippen LogP contribution in [0.2, 0.25) is 0 Å². The Balaban J connectivity index is 1.90. The zero-order valence-corrected chi connectivity index (χ0v) is 10.5. The fraction of sp³-hybridized carbons (Fsp3) is 0.538. The second-order valence-corrected chi connectivity index (χ2v) is 4.66. The van der Waals surface area contributed by atoms with E-state index >= 15 is 0 Å². The van der Waals surface area contributed by atoms with Gasteiger partial charge in [0, 0.05) is 38.0 Å². The molecule has 1 aromatic rings. The Kier molecular flexibility index (Phi) is 4.15. The van der Waals surface area contributed by atoms with Crippen LogP contribution in [0, 0.1) is 5.92 Å². The molecule has 18 heavy (non-hydrogen) atoms. The Hall–Kier alpha value is -1.62. The van der Waals surface area contributed by atoms with Gasteiger partial charge in [-0.3, -0.25) is 9.59 Å². The van der Waals surface area contributed by atoms with Crippen LogP contribution in [0.5, 0.6) is 0 Å². The summed E-state index contributed by atoms with van der Waals surface area (Å²) in [6, 6.07) is 3.00. The first-order valence-electron chi connectivity index (χ1n) is 6.19. The van der Waals surface area contributed by atoms with Gasteiger partial charge < -0.3 is 14.6 Å². The van der Waals surface area contributed by atoms with Crippen LogP contribution in [0.4, 0.5) is 0 Å². The largest absolute Gasteiger partial charge is 0.381 e. The number of aryl methyl sites for hydroxylation is 1. The van der Waals surface area contributed by atoms with Crippen LogP contribution in [-0.4, -0.2) is 30.2 Å². The minimum atomic E-state index is -0.196. The molecule has 1 saturated heterocycles. The third-order valence-corrected chi connectivity index (χ3v) is 3.17. The summed E-state index contributed by atoms with van der Waals surface area (Å²) >= 11 is 0. The highest BCUT2D eigenvalue weighted by atomic mass is 16.5. The van der Waals surface area contributed by atoms with E-state index in [1.54, 1.807) is 19.3 Å². The van der Waals surface area contributed by atoms with Crippen molar-refractivity contribution >= 4 is 5.91 Å². The molecule has 1 unspecified atom stereocenters. The number of rotatable bonds is 3. The molecule has 98 valence electrons. The van der Waals surface area contributed by atoms with Gasteiger partial charge in [0.05, 0.1) is 6.61 Å². The van der Waals surface area contributed by atoms with E-state index in [0.29, 0.717) is 24.6 Å². The Bertz CT molecular complexity index is 475. The summed E-state index contributed by atoms with van der Waals surface area (Å²) in [4.78, 5) is 23.3. The molecule has 0 saturated carbocycles. The van der Waals surface area contributed by atoms with E-state index < -0.39 is 0 Å². The minimum absolute atomic E-state index is 0.177. The molecule has 5 nitrogen and oxygen atoms in total. The van der Waals surface area contributed by atoms with Crippen molar-refractivity contribution in [1.29, 1.82) is 0 Å². The van der Waals surface area contributed by atoms with Gasteiger partial charge in [-0.25, -0.2) is 0 Å². The highest BCUT2D eigenvalue weighted by Crippen LogP contribution is 2.12. The van der Waals surface area contributed by atoms with E-state index in [-0.39, 0.29) is 11.5 Å². The molecule has 1 fully saturated rings. The number of hydrogen-bond donors (Lipinski definition) is 1. The van der Waals surface area contributed by atoms with E-state index in [0.717, 1.165) is 19.4 Å². The molecule has 0 aliphatic carbocycles. The van der Waals surface area contributed by atoms with Gasteiger partial charge in [-0.2, -0.15) is 0 Å². The molecular weight excluding hydrogens is 232 g/mol. The van der Waals surface area contributed by atoms with Crippen molar-refractivity contribution in [3.8, 4) is 0 Å². The van der Waals surface area contributed by atoms with Crippen LogP contribution in [0.1, 0.15) is 23.2 Å². The van der Waals surface area contributed by atoms with Gasteiger partial charge >= 0.3 is 0 Å². The average Bonchev–Trinajstić information content (AvgIpc) is 2.40. The number of amides is 1. The zero-order chi connectivity index (χ0) is 13.0. The molecule has 1 amide bonds. The summed E-state index contributed by atoms with van der Waals surface area (Å²) in [6.45, 7) is 2.13. The van der Waals surface area contributed by atoms with Crippen LogP contribution in [0.15, 0.2) is 23.1 Å². The van der Waals surface area contributed by atoms with Crippen LogP contribution in [0.25, 0.3) is 0 Å². The predicted octanol–water partition coefficient (Wildman–Crippen LogP) is 0.542. The smallest absolute Gasteiger partial charge is 0.251 e. The topological polar surface area (TPSA) is 60.3 Å². The first-order valence-corrected chi connectivity index (χ1v) is 6.19. The van der Waals surface area contributed by atoms with E-state index in [1.165, 1.54) is 10.6 Å². The Morgan fingerprint density at radius 2 is 2.44 bits per heavy atom. The molecule has 1 aromatic heterocycles. The molecule has 5 heteroatoms. The maximum Gasteiger partial charge on any atom is 0.251 e. The van der Waals surface area contributed by atoms with Gasteiger partial charge in [-0.15, -0.1) is 0 Å². The number of carbonyl (C=O) groups is 1. The summed E-state index contributed by atoms with van der Waals surface area (Å²) in [7, 11) is 1.66. The standard InChI is InChI=1S/C13H18N2O3/c1-15-5-4-11(7-12(15)16)13(17)14-8-10-3-2-6-18-9-10/h4-5,7,10H,2-3,6,8-9H2,1H3,(H,14,17). The molecule has 1 aliphatic rings. The molecule has 1 atom stereocenters. The van der Waals surface area contributed by atoms with Crippen LogP contribution in [0.3, 0.4) is 0 Å². The van der Waals surface area contributed by atoms with Crippen molar-refractivity contribution in [2.45, 2.75) is 12.8 Å². The van der Waals surface area contributed by atoms with Crippen LogP contribution in [-0.2, 0) is 11.8 Å². The van der Waals surface area contributed by atoms with Gasteiger partial charge in [0.15, 0.2) is 0 Å². The van der Waals surface area contributed by atoms with Crippen molar-refractivity contribution in [2.75, 3.05) is 19.8 Å². The molecule has 0 spiro atoms. The average molecular weight is 250 g/mol. The molecule has 2 heterocycles. The lowest BCUT2D eigenvalue weighted by molar-refractivity contribution is 0.0536. The fourth-order valence-electron chi connectivity index (χ4n) is 2.00. The maximum atomic E-state index is 11.9. The van der Waals surface area contributed by atoms with Crippen LogP contribution < -0.4 is 10.9 Å². The Morgan fingerprint density at radius 3 is 3.11 bits per heavy atom. The number of nitrogens with one attached hydrogen (secondary N) is 1. The highest BCUT2D eigenvalue weighted by molar-refractivity contribution is 5.93. The second kappa shape index (κ2) is 5.82. The summed E-state index contributed by atoms with van der Waals surface area (Å²) in [5.41, 5.74) is 0.235. The number of nitrogens with zero attached hydrogens (tertiary/aromatic N) is 1. The van der Waals surface area contributed by atoms with Crippen molar-refractivity contribution < 1.29 is 9.53 Å². The summed E-state index contributed by atoms with van der Waals surface area (Å²) in [6.07, 6.45) is 3.73. The highest BCUT2D eigenvalue weighted by Gasteiger charge is 2.15. The number of aromatic nitrogens is 1. The van der Waals surface area contributed by atoms with E-state index in [2.05, 4.69) is 5.32 Å². The lowest BCUT2D eigenvalue weighted by Gasteiger charge is -2.22. The second-order valence-electron chi connectivity index (χ2n) is 4.66. The third-order valence-electron chi connectivity index (χ3n) is 3.17. The van der Waals surface area contributed by atoms with Gasteiger partial charge in [0.1, 0.15) is 0 Å². The fourth-order valence-corrected chi connectivity index (χ4v) is 2.00. The SMILES string of the molecule is Cn1ccc(C(=O)NCC2CCCOC2)cc1=O. The molecule has 1 N–H and O–H groups in total. The lowest BCUT2D eigenvalue weighted by atomic mass is 10.0. The number of hydrogen-bond acceptors (Lipinski definition) is 3. The van der Waals surface area contributed by atoms with E-state index in [9.17, 15) is 9.59 Å². The summed E-state index contributed by atoms with van der Waals surface area (Å²) in [5, 5.41) is 2.85. The molecule has 0 bridgehead atoms. The quantitative estimate of drug-likeness (QED) is 0.852. The zero-order valence-electron chi connectivity index (χ0n) is 10.5. The van der Waals surface area contributed by atoms with Gasteiger partial charge in [-0.05, 0) is 24.8 Å². The lowest BCUT2D eigenvalue weighted by Crippen LogP contribution is -2.33. The van der Waals surface area contributed by atoms with Gasteiger partial charge in [0.2, 0.25) is 0 Å². The molecule has 2 rings (SSSR count). The van der Waals surface area contributed by atoms with E-state index in [1.807, 2.05) is 0 Å². The molecule has 0 radical (unpaired) electrons. The first kappa shape index (κ1) is 12.8. The summed E-state index contributed by atoms with van der Waals surface area (Å²) < 4.78 is 6.79. The van der Waals surface area contributed by atoms with Gasteiger partial charge in [-0.1, -0.05) is 0 Å². The molecular formula is C13H18N2O3. The number of pyridine rings is 1. The van der Waals surface area contributed by atoms with Crippen molar-refractivity contribution in [3.05, 3.63) is 34.2 Å². The van der Waals surface area contributed by atoms with Crippen LogP contribution >= 0.6 is 0 Å². The van der Waals surface area contributed by atoms with Gasteiger partial charge in [0.25, 0.3) is 11.5 Å². The summed E-state index contributed by atoms with van der Waals surface area (Å²) in [5.74, 6) is 0.188. The third kappa shape index (κ3) is 3.20. The molecule has 0 aromatic carbocycles. The van der Waals surface area contributed by atoms with Crippen molar-refractivity contribution in [3.63, 3.8) is 0 Å². The number of carbonyl (C=O) groups excluding carboxylic acids is 1. The monoisotopic (exact) mass is 250 g/mol. The maximum absolute atomic E-state index is 11.9. The minimum Gasteiger partial charge on any atom is -0.381 e. The Labute approximate surface area is 106 Å². The Morgan fingerprint density at radius 1 is 1.61 bits per heavy atom. The predicted molar refractivity (Wildman–Crippen MR) is 67.6 cm³/mol. The van der Waals surface area contributed by atoms with Crippen molar-refractivity contribution in [2.24, 2.45) is 13.0 Å². The number of ether oxygens (including phenoxy) is 1. The van der Waals surface area contributed by atoms with Crippen molar-refractivity contribution in [1.82, 2.24) is 9.88 Å². The van der Waals surface area contributed by atoms with E-state index in [4.69, 9.17) is 4.74 Å². The molecule has 1 aliphatic heterocycles.